The van der Waals surface area contributed by atoms with Gasteiger partial charge in [-0.05, 0) is 17.7 Å². The molecule has 3 nitrogen and oxygen atoms in total. The topological polar surface area (TPSA) is 35.5 Å². The zero-order chi connectivity index (χ0) is 17.0. The third-order valence-electron chi connectivity index (χ3n) is 3.01. The third-order valence-corrected chi connectivity index (χ3v) is 3.01. The van der Waals surface area contributed by atoms with E-state index in [9.17, 15) is 22.4 Å². The molecule has 2 aromatic rings. The molecule has 0 spiro atoms. The van der Waals surface area contributed by atoms with Crippen molar-refractivity contribution in [3.8, 4) is 5.75 Å². The number of benzene rings is 2. The molecule has 0 N–H and O–H groups in total. The van der Waals surface area contributed by atoms with E-state index in [2.05, 4.69) is 4.74 Å². The summed E-state index contributed by atoms with van der Waals surface area (Å²) in [6, 6.07) is 9.44. The van der Waals surface area contributed by atoms with Crippen molar-refractivity contribution in [1.29, 1.82) is 0 Å². The molecule has 0 atom stereocenters. The fourth-order valence-corrected chi connectivity index (χ4v) is 1.86. The summed E-state index contributed by atoms with van der Waals surface area (Å²) >= 11 is 0. The number of carbonyl (C=O) groups excluding carboxylic acids is 1. The van der Waals surface area contributed by atoms with Crippen molar-refractivity contribution in [2.24, 2.45) is 0 Å². The van der Waals surface area contributed by atoms with Crippen LogP contribution in [0, 0.1) is 5.82 Å². The summed E-state index contributed by atoms with van der Waals surface area (Å²) in [7, 11) is 0.951. The van der Waals surface area contributed by atoms with Crippen molar-refractivity contribution in [2.75, 3.05) is 7.11 Å². The van der Waals surface area contributed by atoms with Gasteiger partial charge in [-0.15, -0.1) is 0 Å². The molecule has 2 rings (SSSR count). The van der Waals surface area contributed by atoms with E-state index in [4.69, 9.17) is 4.74 Å². The van der Waals surface area contributed by atoms with Gasteiger partial charge in [-0.1, -0.05) is 30.3 Å². The Kier molecular flexibility index (Phi) is 4.88. The highest BCUT2D eigenvalue weighted by Crippen LogP contribution is 2.35. The summed E-state index contributed by atoms with van der Waals surface area (Å²) in [5.41, 5.74) is -1.38. The van der Waals surface area contributed by atoms with E-state index in [-0.39, 0.29) is 6.61 Å². The average molecular weight is 328 g/mol. The number of carbonyl (C=O) groups is 1. The molecule has 2 aromatic carbocycles. The van der Waals surface area contributed by atoms with E-state index in [0.717, 1.165) is 7.11 Å². The Morgan fingerprint density at radius 3 is 2.35 bits per heavy atom. The van der Waals surface area contributed by atoms with Crippen LogP contribution in [-0.4, -0.2) is 13.1 Å². The highest BCUT2D eigenvalue weighted by Gasteiger charge is 2.34. The Bertz CT molecular complexity index is 696. The molecule has 0 heterocycles. The maximum Gasteiger partial charge on any atom is 0.416 e. The van der Waals surface area contributed by atoms with E-state index in [1.807, 2.05) is 0 Å². The van der Waals surface area contributed by atoms with Crippen LogP contribution in [0.25, 0.3) is 0 Å². The summed E-state index contributed by atoms with van der Waals surface area (Å²) in [6.07, 6.45) is -4.75. The van der Waals surface area contributed by atoms with Crippen molar-refractivity contribution in [3.05, 3.63) is 65.0 Å². The Labute approximate surface area is 129 Å². The molecule has 122 valence electrons. The molecular weight excluding hydrogens is 316 g/mol. The minimum atomic E-state index is -4.75. The monoisotopic (exact) mass is 328 g/mol. The Hall–Kier alpha value is -2.57. The molecule has 7 heteroatoms. The minimum Gasteiger partial charge on any atom is -0.486 e. The second-order valence-corrected chi connectivity index (χ2v) is 4.60. The molecule has 0 saturated heterocycles. The van der Waals surface area contributed by atoms with Crippen molar-refractivity contribution in [2.45, 2.75) is 12.8 Å². The van der Waals surface area contributed by atoms with Gasteiger partial charge in [-0.2, -0.15) is 13.2 Å². The third kappa shape index (κ3) is 4.00. The van der Waals surface area contributed by atoms with Gasteiger partial charge in [0.1, 0.15) is 6.61 Å². The molecule has 0 aliphatic carbocycles. The number of hydrogen-bond donors (Lipinski definition) is 0. The van der Waals surface area contributed by atoms with Crippen LogP contribution in [0.4, 0.5) is 17.6 Å². The normalized spacial score (nSPS) is 11.2. The highest BCUT2D eigenvalue weighted by atomic mass is 19.4. The Morgan fingerprint density at radius 1 is 1.13 bits per heavy atom. The molecule has 0 fully saturated rings. The van der Waals surface area contributed by atoms with Crippen LogP contribution in [0.5, 0.6) is 5.75 Å². The van der Waals surface area contributed by atoms with Crippen molar-refractivity contribution in [1.82, 2.24) is 0 Å². The molecule has 0 saturated carbocycles. The number of esters is 1. The van der Waals surface area contributed by atoms with Crippen LogP contribution in [0.2, 0.25) is 0 Å². The highest BCUT2D eigenvalue weighted by molar-refractivity contribution is 5.90. The number of alkyl halides is 3. The van der Waals surface area contributed by atoms with Crippen molar-refractivity contribution >= 4 is 5.97 Å². The Balaban J connectivity index is 2.39. The number of methoxy groups -OCH3 is 1. The van der Waals surface area contributed by atoms with Gasteiger partial charge in [0.2, 0.25) is 0 Å². The first-order valence-corrected chi connectivity index (χ1v) is 6.48. The molecule has 0 amide bonds. The van der Waals surface area contributed by atoms with Crippen LogP contribution in [0.1, 0.15) is 21.5 Å². The van der Waals surface area contributed by atoms with Crippen molar-refractivity contribution < 1.29 is 31.8 Å². The predicted octanol–water partition coefficient (Wildman–Crippen LogP) is 4.21. The van der Waals surface area contributed by atoms with E-state index in [0.29, 0.717) is 17.7 Å². The average Bonchev–Trinajstić information content (AvgIpc) is 2.53. The van der Waals surface area contributed by atoms with Gasteiger partial charge in [-0.3, -0.25) is 0 Å². The van der Waals surface area contributed by atoms with E-state index < -0.39 is 34.8 Å². The minimum absolute atomic E-state index is 0.139. The van der Waals surface area contributed by atoms with Gasteiger partial charge < -0.3 is 9.47 Å². The SMILES string of the molecule is COC(=O)c1cc(C(F)(F)F)cc(OCc2ccccc2)c1F. The largest absolute Gasteiger partial charge is 0.486 e. The summed E-state index contributed by atoms with van der Waals surface area (Å²) in [4.78, 5) is 11.5. The van der Waals surface area contributed by atoms with E-state index >= 15 is 0 Å². The first kappa shape index (κ1) is 16.8. The summed E-state index contributed by atoms with van der Waals surface area (Å²) in [6.45, 7) is -0.139. The smallest absolute Gasteiger partial charge is 0.416 e. The maximum absolute atomic E-state index is 14.2. The van der Waals surface area contributed by atoms with E-state index in [1.165, 1.54) is 0 Å². The van der Waals surface area contributed by atoms with Crippen molar-refractivity contribution in [3.63, 3.8) is 0 Å². The summed E-state index contributed by atoms with van der Waals surface area (Å²) in [5, 5.41) is 0. The number of hydrogen-bond acceptors (Lipinski definition) is 3. The zero-order valence-electron chi connectivity index (χ0n) is 12.0. The lowest BCUT2D eigenvalue weighted by atomic mass is 10.1. The molecule has 23 heavy (non-hydrogen) atoms. The van der Waals surface area contributed by atoms with Gasteiger partial charge in [0.15, 0.2) is 11.6 Å². The second-order valence-electron chi connectivity index (χ2n) is 4.60. The Morgan fingerprint density at radius 2 is 1.78 bits per heavy atom. The van der Waals surface area contributed by atoms with Gasteiger partial charge in [0.25, 0.3) is 0 Å². The quantitative estimate of drug-likeness (QED) is 0.623. The van der Waals surface area contributed by atoms with Gasteiger partial charge in [-0.25, -0.2) is 9.18 Å². The predicted molar refractivity (Wildman–Crippen MR) is 73.5 cm³/mol. The summed E-state index contributed by atoms with van der Waals surface area (Å²) in [5.74, 6) is -3.07. The van der Waals surface area contributed by atoms with Gasteiger partial charge in [0.05, 0.1) is 18.2 Å². The number of halogens is 4. The fraction of sp³-hybridized carbons (Fsp3) is 0.188. The van der Waals surface area contributed by atoms with Crippen LogP contribution in [-0.2, 0) is 17.5 Å². The maximum atomic E-state index is 14.2. The zero-order valence-corrected chi connectivity index (χ0v) is 12.0. The van der Waals surface area contributed by atoms with Crippen LogP contribution < -0.4 is 4.74 Å². The first-order valence-electron chi connectivity index (χ1n) is 6.48. The number of ether oxygens (including phenoxy) is 2. The lowest BCUT2D eigenvalue weighted by Crippen LogP contribution is -2.12. The first-order chi connectivity index (χ1) is 10.8. The molecule has 0 bridgehead atoms. The van der Waals surface area contributed by atoms with Crippen LogP contribution in [0.15, 0.2) is 42.5 Å². The molecule has 0 aromatic heterocycles. The van der Waals surface area contributed by atoms with E-state index in [1.54, 1.807) is 30.3 Å². The van der Waals surface area contributed by atoms with Gasteiger partial charge >= 0.3 is 12.1 Å². The lowest BCUT2D eigenvalue weighted by Gasteiger charge is -2.14. The molecular formula is C16H12F4O3. The standard InChI is InChI=1S/C16H12F4O3/c1-22-15(21)12-7-11(16(18,19)20)8-13(14(12)17)23-9-10-5-3-2-4-6-10/h2-8H,9H2,1H3. The molecule has 0 aliphatic heterocycles. The fourth-order valence-electron chi connectivity index (χ4n) is 1.86. The molecule has 0 unspecified atom stereocenters. The van der Waals surface area contributed by atoms with Crippen LogP contribution >= 0.6 is 0 Å². The number of rotatable bonds is 4. The van der Waals surface area contributed by atoms with Crippen LogP contribution in [0.3, 0.4) is 0 Å². The molecule has 0 radical (unpaired) electrons. The lowest BCUT2D eigenvalue weighted by molar-refractivity contribution is -0.137. The second kappa shape index (κ2) is 6.68. The molecule has 0 aliphatic rings. The summed E-state index contributed by atoms with van der Waals surface area (Å²) < 4.78 is 62.2. The van der Waals surface area contributed by atoms with Gasteiger partial charge in [0, 0.05) is 0 Å².